The lowest BCUT2D eigenvalue weighted by molar-refractivity contribution is -0.126. The number of anilines is 1. The molecule has 0 bridgehead atoms. The van der Waals surface area contributed by atoms with Crippen molar-refractivity contribution >= 4 is 62.7 Å². The summed E-state index contributed by atoms with van der Waals surface area (Å²) in [6.07, 6.45) is 3.38. The molecule has 2 aromatic rings. The Balaban J connectivity index is 1.69. The molecule has 3 rings (SSSR count). The van der Waals surface area contributed by atoms with E-state index in [0.717, 1.165) is 5.56 Å². The van der Waals surface area contributed by atoms with E-state index >= 15 is 0 Å². The van der Waals surface area contributed by atoms with Crippen LogP contribution < -0.4 is 5.32 Å². The third kappa shape index (κ3) is 3.84. The van der Waals surface area contributed by atoms with Gasteiger partial charge in [-0.3, -0.25) is 14.5 Å². The molecular weight excluding hydrogens is 350 g/mol. The molecule has 0 saturated carbocycles. The molecule has 1 saturated heterocycles. The van der Waals surface area contributed by atoms with Crippen LogP contribution in [-0.2, 0) is 9.59 Å². The zero-order valence-electron chi connectivity index (χ0n) is 11.8. The van der Waals surface area contributed by atoms with Gasteiger partial charge in [-0.05, 0) is 11.6 Å². The number of carbonyl (C=O) groups excluding carboxylic acids is 2. The van der Waals surface area contributed by atoms with Crippen LogP contribution in [0.3, 0.4) is 0 Å². The summed E-state index contributed by atoms with van der Waals surface area (Å²) in [4.78, 5) is 30.2. The van der Waals surface area contributed by atoms with Crippen molar-refractivity contribution < 1.29 is 9.59 Å². The molecule has 1 N–H and O–H groups in total. The van der Waals surface area contributed by atoms with Crippen LogP contribution in [-0.4, -0.2) is 32.6 Å². The molecule has 2 amide bonds. The van der Waals surface area contributed by atoms with Crippen LogP contribution in [0.1, 0.15) is 5.56 Å². The van der Waals surface area contributed by atoms with E-state index < -0.39 is 0 Å². The lowest BCUT2D eigenvalue weighted by Gasteiger charge is -2.13. The Bertz CT molecular complexity index is 773. The standard InChI is InChI=1S/C15H11N3O2S3/c19-12(17-14-16-6-7-22-14)9-18-13(20)11(23-15(18)21)8-10-4-2-1-3-5-10/h1-8H,9H2,(H,16,17,19)/b11-8+. The van der Waals surface area contributed by atoms with E-state index in [9.17, 15) is 9.59 Å². The Kier molecular flexibility index (Phi) is 4.85. The molecule has 1 fully saturated rings. The predicted octanol–water partition coefficient (Wildman–Crippen LogP) is 2.98. The second-order valence-corrected chi connectivity index (χ2v) is 7.13. The topological polar surface area (TPSA) is 62.3 Å². The molecule has 0 unspecified atom stereocenters. The average molecular weight is 361 g/mol. The maximum absolute atomic E-state index is 12.4. The van der Waals surface area contributed by atoms with Gasteiger partial charge in [-0.25, -0.2) is 4.98 Å². The quantitative estimate of drug-likeness (QED) is 0.670. The first-order chi connectivity index (χ1) is 11.1. The van der Waals surface area contributed by atoms with Gasteiger partial charge in [-0.1, -0.05) is 54.3 Å². The van der Waals surface area contributed by atoms with E-state index in [2.05, 4.69) is 10.3 Å². The molecule has 0 aliphatic carbocycles. The van der Waals surface area contributed by atoms with Crippen LogP contribution in [0.15, 0.2) is 46.8 Å². The van der Waals surface area contributed by atoms with Crippen molar-refractivity contribution in [3.63, 3.8) is 0 Å². The smallest absolute Gasteiger partial charge is 0.266 e. The van der Waals surface area contributed by atoms with Crippen LogP contribution in [0.5, 0.6) is 0 Å². The number of nitrogens with zero attached hydrogens (tertiary/aromatic N) is 2. The molecule has 1 aromatic heterocycles. The fourth-order valence-corrected chi connectivity index (χ4v) is 3.72. The maximum atomic E-state index is 12.4. The highest BCUT2D eigenvalue weighted by Crippen LogP contribution is 2.32. The average Bonchev–Trinajstić information content (AvgIpc) is 3.13. The Hall–Kier alpha value is -2.03. The minimum Gasteiger partial charge on any atom is -0.300 e. The highest BCUT2D eigenvalue weighted by Gasteiger charge is 2.33. The van der Waals surface area contributed by atoms with Gasteiger partial charge in [0.15, 0.2) is 5.13 Å². The minimum atomic E-state index is -0.322. The van der Waals surface area contributed by atoms with Gasteiger partial charge in [0.25, 0.3) is 5.91 Å². The summed E-state index contributed by atoms with van der Waals surface area (Å²) in [7, 11) is 0. The van der Waals surface area contributed by atoms with E-state index in [1.807, 2.05) is 30.3 Å². The van der Waals surface area contributed by atoms with Crippen molar-refractivity contribution in [1.29, 1.82) is 0 Å². The minimum absolute atomic E-state index is 0.115. The highest BCUT2D eigenvalue weighted by atomic mass is 32.2. The molecule has 5 nitrogen and oxygen atoms in total. The third-order valence-corrected chi connectivity index (χ3v) is 5.02. The first-order valence-electron chi connectivity index (χ1n) is 6.63. The summed E-state index contributed by atoms with van der Waals surface area (Å²) >= 11 is 7.73. The summed E-state index contributed by atoms with van der Waals surface area (Å²) in [5.41, 5.74) is 0.917. The number of thioether (sulfide) groups is 1. The third-order valence-electron chi connectivity index (χ3n) is 2.95. The lowest BCUT2D eigenvalue weighted by Crippen LogP contribution is -2.36. The van der Waals surface area contributed by atoms with E-state index in [1.165, 1.54) is 28.0 Å². The van der Waals surface area contributed by atoms with Gasteiger partial charge < -0.3 is 5.32 Å². The number of carbonyl (C=O) groups is 2. The number of benzene rings is 1. The molecule has 0 spiro atoms. The zero-order valence-corrected chi connectivity index (χ0v) is 14.2. The summed E-state index contributed by atoms with van der Waals surface area (Å²) in [6.45, 7) is -0.115. The van der Waals surface area contributed by atoms with Gasteiger partial charge in [0.2, 0.25) is 5.91 Å². The van der Waals surface area contributed by atoms with Crippen LogP contribution >= 0.6 is 35.3 Å². The SMILES string of the molecule is O=C(CN1C(=O)/C(=C\c2ccccc2)SC1=S)Nc1nccs1. The molecule has 1 aromatic carbocycles. The Morgan fingerprint density at radius 2 is 2.13 bits per heavy atom. The van der Waals surface area contributed by atoms with Crippen LogP contribution in [0.25, 0.3) is 6.08 Å². The number of thiocarbonyl (C=S) groups is 1. The van der Waals surface area contributed by atoms with Gasteiger partial charge in [-0.15, -0.1) is 11.3 Å². The predicted molar refractivity (Wildman–Crippen MR) is 97.1 cm³/mol. The van der Waals surface area contributed by atoms with Crippen LogP contribution in [0, 0.1) is 0 Å². The van der Waals surface area contributed by atoms with E-state index in [1.54, 1.807) is 17.7 Å². The monoisotopic (exact) mass is 361 g/mol. The fraction of sp³-hybridized carbons (Fsp3) is 0.0667. The van der Waals surface area contributed by atoms with Crippen molar-refractivity contribution in [2.24, 2.45) is 0 Å². The summed E-state index contributed by atoms with van der Waals surface area (Å²) in [6, 6.07) is 9.51. The molecule has 0 radical (unpaired) electrons. The maximum Gasteiger partial charge on any atom is 0.266 e. The van der Waals surface area contributed by atoms with Gasteiger partial charge in [0.1, 0.15) is 10.9 Å². The van der Waals surface area contributed by atoms with Crippen molar-refractivity contribution in [3.05, 3.63) is 52.4 Å². The number of aromatic nitrogens is 1. The van der Waals surface area contributed by atoms with Crippen molar-refractivity contribution in [2.75, 3.05) is 11.9 Å². The molecule has 8 heteroatoms. The second-order valence-electron chi connectivity index (χ2n) is 4.56. The van der Waals surface area contributed by atoms with E-state index in [4.69, 9.17) is 12.2 Å². The lowest BCUT2D eigenvalue weighted by atomic mass is 10.2. The summed E-state index contributed by atoms with van der Waals surface area (Å²) < 4.78 is 0.381. The number of rotatable bonds is 4. The largest absolute Gasteiger partial charge is 0.300 e. The van der Waals surface area contributed by atoms with Crippen molar-refractivity contribution in [2.45, 2.75) is 0 Å². The normalized spacial score (nSPS) is 16.2. The van der Waals surface area contributed by atoms with Gasteiger partial charge in [0.05, 0.1) is 4.91 Å². The first-order valence-corrected chi connectivity index (χ1v) is 8.74. The van der Waals surface area contributed by atoms with Crippen LogP contribution in [0.2, 0.25) is 0 Å². The zero-order chi connectivity index (χ0) is 16.2. The van der Waals surface area contributed by atoms with Gasteiger partial charge >= 0.3 is 0 Å². The van der Waals surface area contributed by atoms with E-state index in [-0.39, 0.29) is 18.4 Å². The molecule has 2 heterocycles. The van der Waals surface area contributed by atoms with E-state index in [0.29, 0.717) is 14.4 Å². The van der Waals surface area contributed by atoms with Gasteiger partial charge in [-0.2, -0.15) is 0 Å². The Morgan fingerprint density at radius 1 is 1.35 bits per heavy atom. The fourth-order valence-electron chi connectivity index (χ4n) is 1.92. The molecule has 1 aliphatic heterocycles. The molecule has 116 valence electrons. The molecular formula is C15H11N3O2S3. The number of nitrogens with one attached hydrogen (secondary N) is 1. The summed E-state index contributed by atoms with van der Waals surface area (Å²) in [5.74, 6) is -0.574. The van der Waals surface area contributed by atoms with Gasteiger partial charge in [0, 0.05) is 11.6 Å². The number of hydrogen-bond donors (Lipinski definition) is 1. The first kappa shape index (κ1) is 15.9. The Labute approximate surface area is 146 Å². The van der Waals surface area contributed by atoms with Crippen LogP contribution in [0.4, 0.5) is 5.13 Å². The second kappa shape index (κ2) is 7.03. The number of hydrogen-bond acceptors (Lipinski definition) is 6. The number of thiazole rings is 1. The van der Waals surface area contributed by atoms with Crippen molar-refractivity contribution in [3.8, 4) is 0 Å². The summed E-state index contributed by atoms with van der Waals surface area (Å²) in [5, 5.41) is 4.90. The molecule has 1 aliphatic rings. The molecule has 23 heavy (non-hydrogen) atoms. The number of amides is 2. The molecule has 0 atom stereocenters. The Morgan fingerprint density at radius 3 is 2.83 bits per heavy atom. The highest BCUT2D eigenvalue weighted by molar-refractivity contribution is 8.26. The van der Waals surface area contributed by atoms with Crippen molar-refractivity contribution in [1.82, 2.24) is 9.88 Å².